The first-order chi connectivity index (χ1) is 6.36. The second-order valence-electron chi connectivity index (χ2n) is 3.07. The predicted molar refractivity (Wildman–Crippen MR) is 47.7 cm³/mol. The molecule has 3 nitrogen and oxygen atoms in total. The predicted octanol–water partition coefficient (Wildman–Crippen LogP) is 0.825. The van der Waals surface area contributed by atoms with Crippen molar-refractivity contribution in [2.45, 2.75) is 12.2 Å². The molecule has 0 aliphatic carbocycles. The summed E-state index contributed by atoms with van der Waals surface area (Å²) in [5.41, 5.74) is 0. The van der Waals surface area contributed by atoms with Crippen molar-refractivity contribution in [3.63, 3.8) is 0 Å². The zero-order valence-corrected chi connectivity index (χ0v) is 7.22. The SMILES string of the molecule is O[C@@H]1COC[C@@H]1Oc1ccccc1. The van der Waals surface area contributed by atoms with Crippen LogP contribution in [-0.2, 0) is 4.74 Å². The largest absolute Gasteiger partial charge is 0.485 e. The zero-order valence-electron chi connectivity index (χ0n) is 7.22. The smallest absolute Gasteiger partial charge is 0.150 e. The van der Waals surface area contributed by atoms with E-state index in [1.165, 1.54) is 0 Å². The topological polar surface area (TPSA) is 38.7 Å². The molecule has 2 rings (SSSR count). The maximum absolute atomic E-state index is 9.40. The van der Waals surface area contributed by atoms with Crippen LogP contribution in [-0.4, -0.2) is 30.5 Å². The maximum Gasteiger partial charge on any atom is 0.150 e. The Morgan fingerprint density at radius 1 is 1.23 bits per heavy atom. The van der Waals surface area contributed by atoms with Gasteiger partial charge >= 0.3 is 0 Å². The first-order valence-corrected chi connectivity index (χ1v) is 4.34. The highest BCUT2D eigenvalue weighted by Crippen LogP contribution is 2.16. The van der Waals surface area contributed by atoms with Crippen LogP contribution in [0, 0.1) is 0 Å². The molecule has 3 heteroatoms. The zero-order chi connectivity index (χ0) is 9.10. The van der Waals surface area contributed by atoms with E-state index >= 15 is 0 Å². The van der Waals surface area contributed by atoms with E-state index in [1.54, 1.807) is 0 Å². The average Bonchev–Trinajstić information content (AvgIpc) is 2.54. The molecular weight excluding hydrogens is 168 g/mol. The third kappa shape index (κ3) is 1.99. The van der Waals surface area contributed by atoms with Crippen molar-refractivity contribution in [1.82, 2.24) is 0 Å². The van der Waals surface area contributed by atoms with Crippen molar-refractivity contribution in [1.29, 1.82) is 0 Å². The van der Waals surface area contributed by atoms with E-state index in [0.717, 1.165) is 5.75 Å². The van der Waals surface area contributed by atoms with Crippen LogP contribution in [0.25, 0.3) is 0 Å². The highest BCUT2D eigenvalue weighted by atomic mass is 16.6. The molecule has 0 saturated carbocycles. The monoisotopic (exact) mass is 180 g/mol. The number of aliphatic hydroxyl groups excluding tert-OH is 1. The molecule has 0 spiro atoms. The Balaban J connectivity index is 1.98. The lowest BCUT2D eigenvalue weighted by Gasteiger charge is -2.14. The molecule has 1 aliphatic rings. The fraction of sp³-hybridized carbons (Fsp3) is 0.400. The highest BCUT2D eigenvalue weighted by Gasteiger charge is 2.27. The summed E-state index contributed by atoms with van der Waals surface area (Å²) in [6.45, 7) is 0.841. The van der Waals surface area contributed by atoms with Gasteiger partial charge in [0.2, 0.25) is 0 Å². The van der Waals surface area contributed by atoms with E-state index in [1.807, 2.05) is 30.3 Å². The summed E-state index contributed by atoms with van der Waals surface area (Å²) in [5.74, 6) is 0.775. The second kappa shape index (κ2) is 3.77. The van der Waals surface area contributed by atoms with Crippen LogP contribution in [0.2, 0.25) is 0 Å². The van der Waals surface area contributed by atoms with Gasteiger partial charge in [-0.2, -0.15) is 0 Å². The van der Waals surface area contributed by atoms with Crippen molar-refractivity contribution in [3.05, 3.63) is 30.3 Å². The number of rotatable bonds is 2. The molecule has 13 heavy (non-hydrogen) atoms. The molecule has 1 saturated heterocycles. The first kappa shape index (κ1) is 8.53. The Hall–Kier alpha value is -1.06. The molecular formula is C10H12O3. The molecule has 0 unspecified atom stereocenters. The summed E-state index contributed by atoms with van der Waals surface area (Å²) in [5, 5.41) is 9.40. The number of benzene rings is 1. The van der Waals surface area contributed by atoms with Crippen LogP contribution in [0.5, 0.6) is 5.75 Å². The van der Waals surface area contributed by atoms with E-state index in [2.05, 4.69) is 0 Å². The Labute approximate surface area is 76.9 Å². The molecule has 0 bridgehead atoms. The van der Waals surface area contributed by atoms with Crippen molar-refractivity contribution in [3.8, 4) is 5.75 Å². The lowest BCUT2D eigenvalue weighted by atomic mass is 10.2. The van der Waals surface area contributed by atoms with Crippen LogP contribution >= 0.6 is 0 Å². The molecule has 0 amide bonds. The van der Waals surface area contributed by atoms with E-state index in [4.69, 9.17) is 9.47 Å². The lowest BCUT2D eigenvalue weighted by Crippen LogP contribution is -2.29. The summed E-state index contributed by atoms with van der Waals surface area (Å²) >= 11 is 0. The van der Waals surface area contributed by atoms with Crippen molar-refractivity contribution in [2.75, 3.05) is 13.2 Å². The third-order valence-electron chi connectivity index (χ3n) is 2.03. The van der Waals surface area contributed by atoms with Gasteiger partial charge in [-0.3, -0.25) is 0 Å². The number of para-hydroxylation sites is 1. The molecule has 0 radical (unpaired) electrons. The highest BCUT2D eigenvalue weighted by molar-refractivity contribution is 5.21. The van der Waals surface area contributed by atoms with E-state index in [9.17, 15) is 5.11 Å². The van der Waals surface area contributed by atoms with Crippen LogP contribution in [0.3, 0.4) is 0 Å². The van der Waals surface area contributed by atoms with E-state index < -0.39 is 6.10 Å². The summed E-state index contributed by atoms with van der Waals surface area (Å²) in [7, 11) is 0. The molecule has 1 aromatic carbocycles. The minimum atomic E-state index is -0.500. The number of hydrogen-bond donors (Lipinski definition) is 1. The van der Waals surface area contributed by atoms with Crippen LogP contribution in [0.4, 0.5) is 0 Å². The number of ether oxygens (including phenoxy) is 2. The molecule has 1 heterocycles. The van der Waals surface area contributed by atoms with Crippen molar-refractivity contribution in [2.24, 2.45) is 0 Å². The van der Waals surface area contributed by atoms with Crippen molar-refractivity contribution >= 4 is 0 Å². The Morgan fingerprint density at radius 2 is 2.00 bits per heavy atom. The van der Waals surface area contributed by atoms with Crippen LogP contribution < -0.4 is 4.74 Å². The Morgan fingerprint density at radius 3 is 2.62 bits per heavy atom. The van der Waals surface area contributed by atoms with Gasteiger partial charge in [0.1, 0.15) is 18.0 Å². The first-order valence-electron chi connectivity index (χ1n) is 4.34. The minimum Gasteiger partial charge on any atom is -0.485 e. The quantitative estimate of drug-likeness (QED) is 0.732. The van der Waals surface area contributed by atoms with Gasteiger partial charge < -0.3 is 14.6 Å². The van der Waals surface area contributed by atoms with Gasteiger partial charge in [0.05, 0.1) is 13.2 Å². The summed E-state index contributed by atoms with van der Waals surface area (Å²) in [6.07, 6.45) is -0.720. The van der Waals surface area contributed by atoms with E-state index in [-0.39, 0.29) is 6.10 Å². The van der Waals surface area contributed by atoms with Crippen LogP contribution in [0.15, 0.2) is 30.3 Å². The minimum absolute atomic E-state index is 0.220. The molecule has 0 aromatic heterocycles. The number of hydrogen-bond acceptors (Lipinski definition) is 3. The van der Waals surface area contributed by atoms with Crippen LogP contribution in [0.1, 0.15) is 0 Å². The molecule has 1 aromatic rings. The van der Waals surface area contributed by atoms with Gasteiger partial charge in [-0.15, -0.1) is 0 Å². The van der Waals surface area contributed by atoms with Gasteiger partial charge in [0, 0.05) is 0 Å². The molecule has 2 atom stereocenters. The third-order valence-corrected chi connectivity index (χ3v) is 2.03. The molecule has 1 aliphatic heterocycles. The average molecular weight is 180 g/mol. The molecule has 1 fully saturated rings. The normalized spacial score (nSPS) is 27.5. The van der Waals surface area contributed by atoms with Gasteiger partial charge in [-0.25, -0.2) is 0 Å². The van der Waals surface area contributed by atoms with Gasteiger partial charge in [0.15, 0.2) is 0 Å². The summed E-state index contributed by atoms with van der Waals surface area (Å²) in [6, 6.07) is 9.46. The Bertz CT molecular complexity index is 260. The fourth-order valence-corrected chi connectivity index (χ4v) is 1.31. The maximum atomic E-state index is 9.40. The lowest BCUT2D eigenvalue weighted by molar-refractivity contribution is 0.0733. The van der Waals surface area contributed by atoms with Gasteiger partial charge in [-0.05, 0) is 12.1 Å². The number of aliphatic hydroxyl groups is 1. The fourth-order valence-electron chi connectivity index (χ4n) is 1.31. The molecule has 1 N–H and O–H groups in total. The second-order valence-corrected chi connectivity index (χ2v) is 3.07. The van der Waals surface area contributed by atoms with Gasteiger partial charge in [-0.1, -0.05) is 18.2 Å². The molecule has 70 valence electrons. The van der Waals surface area contributed by atoms with Gasteiger partial charge in [0.25, 0.3) is 0 Å². The van der Waals surface area contributed by atoms with Crippen molar-refractivity contribution < 1.29 is 14.6 Å². The Kier molecular flexibility index (Phi) is 2.47. The van der Waals surface area contributed by atoms with E-state index in [0.29, 0.717) is 13.2 Å². The summed E-state index contributed by atoms with van der Waals surface area (Å²) < 4.78 is 10.6. The standard InChI is InChI=1S/C10H12O3/c11-9-6-12-7-10(9)13-8-4-2-1-3-5-8/h1-5,9-11H,6-7H2/t9-,10+/m1/s1. The summed E-state index contributed by atoms with van der Waals surface area (Å²) in [4.78, 5) is 0.